The first-order valence-electron chi connectivity index (χ1n) is 6.17. The first kappa shape index (κ1) is 13.7. The molecule has 2 aromatic rings. The highest BCUT2D eigenvalue weighted by atomic mass is 79.9. The topological polar surface area (TPSA) is 46.1 Å². The molecule has 3 rings (SSSR count). The van der Waals surface area contributed by atoms with Gasteiger partial charge in [0.05, 0.1) is 5.69 Å². The number of aromatic nitrogens is 2. The predicted molar refractivity (Wildman–Crippen MR) is 84.9 cm³/mol. The molecule has 0 radical (unpaired) electrons. The van der Waals surface area contributed by atoms with Gasteiger partial charge in [0.15, 0.2) is 0 Å². The predicted octanol–water partition coefficient (Wildman–Crippen LogP) is 3.41. The van der Waals surface area contributed by atoms with E-state index in [9.17, 15) is 4.79 Å². The standard InChI is InChI=1S/C14H11Br2N3O/c15-10-3-1-2-9(6-10)12-4-5-17-14(18-12)19-8-11(16)7-13(19)20/h1-6,11H,7-8H2. The van der Waals surface area contributed by atoms with Gasteiger partial charge in [-0.2, -0.15) is 0 Å². The Morgan fingerprint density at radius 2 is 2.15 bits per heavy atom. The molecular weight excluding hydrogens is 386 g/mol. The number of amides is 1. The summed E-state index contributed by atoms with van der Waals surface area (Å²) in [6.45, 7) is 0.612. The van der Waals surface area contributed by atoms with Crippen LogP contribution in [-0.4, -0.2) is 27.2 Å². The minimum atomic E-state index is 0.0540. The summed E-state index contributed by atoms with van der Waals surface area (Å²) in [4.78, 5) is 22.4. The van der Waals surface area contributed by atoms with E-state index in [2.05, 4.69) is 41.8 Å². The molecule has 20 heavy (non-hydrogen) atoms. The second-order valence-corrected chi connectivity index (χ2v) is 6.77. The van der Waals surface area contributed by atoms with Crippen molar-refractivity contribution < 1.29 is 4.79 Å². The number of hydrogen-bond acceptors (Lipinski definition) is 3. The third-order valence-electron chi connectivity index (χ3n) is 3.08. The van der Waals surface area contributed by atoms with Gasteiger partial charge in [0, 0.05) is 34.0 Å². The van der Waals surface area contributed by atoms with E-state index in [1.54, 1.807) is 11.1 Å². The number of benzene rings is 1. The Hall–Kier alpha value is -1.27. The summed E-state index contributed by atoms with van der Waals surface area (Å²) in [5, 5.41) is 0. The van der Waals surface area contributed by atoms with Crippen LogP contribution in [0.2, 0.25) is 0 Å². The second-order valence-electron chi connectivity index (χ2n) is 4.56. The van der Waals surface area contributed by atoms with Gasteiger partial charge < -0.3 is 0 Å². The summed E-state index contributed by atoms with van der Waals surface area (Å²) >= 11 is 6.91. The highest BCUT2D eigenvalue weighted by Crippen LogP contribution is 2.25. The number of carbonyl (C=O) groups excluding carboxylic acids is 1. The fraction of sp³-hybridized carbons (Fsp3) is 0.214. The van der Waals surface area contributed by atoms with Gasteiger partial charge in [-0.25, -0.2) is 9.97 Å². The Labute approximate surface area is 133 Å². The lowest BCUT2D eigenvalue weighted by Gasteiger charge is -2.14. The van der Waals surface area contributed by atoms with E-state index in [-0.39, 0.29) is 10.7 Å². The number of alkyl halides is 1. The van der Waals surface area contributed by atoms with E-state index in [0.29, 0.717) is 18.9 Å². The highest BCUT2D eigenvalue weighted by Gasteiger charge is 2.30. The zero-order chi connectivity index (χ0) is 14.1. The molecule has 1 aromatic heterocycles. The maximum atomic E-state index is 11.9. The van der Waals surface area contributed by atoms with Crippen molar-refractivity contribution in [3.63, 3.8) is 0 Å². The maximum Gasteiger partial charge on any atom is 0.232 e. The Kier molecular flexibility index (Phi) is 3.85. The van der Waals surface area contributed by atoms with E-state index in [4.69, 9.17) is 0 Å². The SMILES string of the molecule is O=C1CC(Br)CN1c1nccc(-c2cccc(Br)c2)n1. The molecule has 6 heteroatoms. The zero-order valence-corrected chi connectivity index (χ0v) is 13.6. The molecule has 4 nitrogen and oxygen atoms in total. The monoisotopic (exact) mass is 395 g/mol. The number of rotatable bonds is 2. The van der Waals surface area contributed by atoms with Crippen molar-refractivity contribution in [1.29, 1.82) is 0 Å². The van der Waals surface area contributed by atoms with Crippen LogP contribution in [0.5, 0.6) is 0 Å². The zero-order valence-electron chi connectivity index (χ0n) is 10.5. The fourth-order valence-corrected chi connectivity index (χ4v) is 3.11. The molecular formula is C14H11Br2N3O. The minimum Gasteiger partial charge on any atom is -0.280 e. The van der Waals surface area contributed by atoms with Crippen LogP contribution < -0.4 is 4.90 Å². The van der Waals surface area contributed by atoms with Gasteiger partial charge >= 0.3 is 0 Å². The molecule has 102 valence electrons. The molecule has 1 fully saturated rings. The van der Waals surface area contributed by atoms with Gasteiger partial charge in [0.1, 0.15) is 0 Å². The van der Waals surface area contributed by atoms with Gasteiger partial charge in [-0.15, -0.1) is 0 Å². The number of anilines is 1. The molecule has 1 aromatic carbocycles. The number of carbonyl (C=O) groups is 1. The molecule has 0 bridgehead atoms. The number of nitrogens with zero attached hydrogens (tertiary/aromatic N) is 3. The van der Waals surface area contributed by atoms with Crippen LogP contribution in [0.25, 0.3) is 11.3 Å². The second kappa shape index (κ2) is 5.61. The quantitative estimate of drug-likeness (QED) is 0.730. The summed E-state index contributed by atoms with van der Waals surface area (Å²) < 4.78 is 0.993. The highest BCUT2D eigenvalue weighted by molar-refractivity contribution is 9.10. The van der Waals surface area contributed by atoms with Crippen molar-refractivity contribution in [3.05, 3.63) is 41.0 Å². The van der Waals surface area contributed by atoms with Gasteiger partial charge in [-0.1, -0.05) is 44.0 Å². The molecule has 0 spiro atoms. The Morgan fingerprint density at radius 3 is 2.85 bits per heavy atom. The number of halogens is 2. The molecule has 1 atom stereocenters. The van der Waals surface area contributed by atoms with E-state index < -0.39 is 0 Å². The molecule has 1 unspecified atom stereocenters. The lowest BCUT2D eigenvalue weighted by atomic mass is 10.1. The lowest BCUT2D eigenvalue weighted by Crippen LogP contribution is -2.26. The molecule has 0 aliphatic carbocycles. The maximum absolute atomic E-state index is 11.9. The smallest absolute Gasteiger partial charge is 0.232 e. The molecule has 1 amide bonds. The Bertz CT molecular complexity index is 662. The average molecular weight is 397 g/mol. The molecule has 1 aliphatic rings. The van der Waals surface area contributed by atoms with Crippen LogP contribution in [0.15, 0.2) is 41.0 Å². The first-order valence-corrected chi connectivity index (χ1v) is 7.88. The van der Waals surface area contributed by atoms with Crippen LogP contribution in [0, 0.1) is 0 Å². The lowest BCUT2D eigenvalue weighted by molar-refractivity contribution is -0.117. The van der Waals surface area contributed by atoms with Crippen LogP contribution in [0.1, 0.15) is 6.42 Å². The van der Waals surface area contributed by atoms with Crippen molar-refractivity contribution in [3.8, 4) is 11.3 Å². The van der Waals surface area contributed by atoms with Crippen molar-refractivity contribution in [1.82, 2.24) is 9.97 Å². The van der Waals surface area contributed by atoms with E-state index >= 15 is 0 Å². The van der Waals surface area contributed by atoms with Gasteiger partial charge in [-0.3, -0.25) is 9.69 Å². The first-order chi connectivity index (χ1) is 9.63. The largest absolute Gasteiger partial charge is 0.280 e. The molecule has 0 saturated carbocycles. The summed E-state index contributed by atoms with van der Waals surface area (Å²) in [7, 11) is 0. The molecule has 0 N–H and O–H groups in total. The summed E-state index contributed by atoms with van der Waals surface area (Å²) in [6.07, 6.45) is 2.18. The van der Waals surface area contributed by atoms with Crippen molar-refractivity contribution >= 4 is 43.7 Å². The molecule has 2 heterocycles. The third kappa shape index (κ3) is 2.76. The fourth-order valence-electron chi connectivity index (χ4n) is 2.14. The van der Waals surface area contributed by atoms with E-state index in [1.807, 2.05) is 30.3 Å². The minimum absolute atomic E-state index is 0.0540. The van der Waals surface area contributed by atoms with Crippen LogP contribution >= 0.6 is 31.9 Å². The van der Waals surface area contributed by atoms with Crippen molar-refractivity contribution in [2.24, 2.45) is 0 Å². The number of hydrogen-bond donors (Lipinski definition) is 0. The van der Waals surface area contributed by atoms with Crippen LogP contribution in [0.4, 0.5) is 5.95 Å². The van der Waals surface area contributed by atoms with Crippen molar-refractivity contribution in [2.75, 3.05) is 11.4 Å². The van der Waals surface area contributed by atoms with Crippen molar-refractivity contribution in [2.45, 2.75) is 11.2 Å². The molecule has 1 aliphatic heterocycles. The normalized spacial score (nSPS) is 18.6. The third-order valence-corrected chi connectivity index (χ3v) is 4.19. The summed E-state index contributed by atoms with van der Waals surface area (Å²) in [6, 6.07) is 9.74. The van der Waals surface area contributed by atoms with Gasteiger partial charge in [0.25, 0.3) is 0 Å². The van der Waals surface area contributed by atoms with Gasteiger partial charge in [-0.05, 0) is 18.2 Å². The Balaban J connectivity index is 1.96. The van der Waals surface area contributed by atoms with Gasteiger partial charge in [0.2, 0.25) is 11.9 Å². The Morgan fingerprint density at radius 1 is 1.30 bits per heavy atom. The summed E-state index contributed by atoms with van der Waals surface area (Å²) in [5.41, 5.74) is 1.80. The van der Waals surface area contributed by atoms with E-state index in [1.165, 1.54) is 0 Å². The van der Waals surface area contributed by atoms with Crippen LogP contribution in [0.3, 0.4) is 0 Å². The van der Waals surface area contributed by atoms with E-state index in [0.717, 1.165) is 15.7 Å². The molecule has 1 saturated heterocycles. The average Bonchev–Trinajstić information content (AvgIpc) is 2.78. The summed E-state index contributed by atoms with van der Waals surface area (Å²) in [5.74, 6) is 0.521. The van der Waals surface area contributed by atoms with Crippen LogP contribution in [-0.2, 0) is 4.79 Å².